The largest absolute Gasteiger partial charge is 0.394 e. The van der Waals surface area contributed by atoms with Gasteiger partial charge in [0.1, 0.15) is 0 Å². The summed E-state index contributed by atoms with van der Waals surface area (Å²) in [6.45, 7) is 0. The van der Waals surface area contributed by atoms with Crippen LogP contribution in [-0.2, 0) is 0 Å². The van der Waals surface area contributed by atoms with Crippen LogP contribution in [0.1, 0.15) is 10.4 Å². The first kappa shape index (κ1) is 14.1. The molecule has 0 bridgehead atoms. The Balaban J connectivity index is 1.52. The van der Waals surface area contributed by atoms with Gasteiger partial charge in [-0.1, -0.05) is 41.7 Å². The molecule has 3 aromatic heterocycles. The smallest absolute Gasteiger partial charge is 0.347 e. The number of fused-ring (bicyclic) bond motifs is 4. The Labute approximate surface area is 145 Å². The van der Waals surface area contributed by atoms with Gasteiger partial charge in [0.15, 0.2) is 5.65 Å². The van der Waals surface area contributed by atoms with E-state index >= 15 is 0 Å². The Morgan fingerprint density at radius 2 is 2.00 bits per heavy atom. The molecule has 0 unspecified atom stereocenters. The lowest BCUT2D eigenvalue weighted by Crippen LogP contribution is -2.08. The van der Waals surface area contributed by atoms with Crippen molar-refractivity contribution in [3.05, 3.63) is 60.4 Å². The minimum atomic E-state index is -0.487. The lowest BCUT2D eigenvalue weighted by Gasteiger charge is -1.99. The van der Waals surface area contributed by atoms with E-state index in [2.05, 4.69) is 20.2 Å². The Hall–Kier alpha value is -3.32. The van der Waals surface area contributed by atoms with E-state index in [0.29, 0.717) is 16.4 Å². The average Bonchev–Trinajstić information content (AvgIpc) is 3.27. The van der Waals surface area contributed by atoms with Gasteiger partial charge in [0.25, 0.3) is 5.19 Å². The zero-order chi connectivity index (χ0) is 16.8. The van der Waals surface area contributed by atoms with E-state index in [9.17, 15) is 4.79 Å². The Bertz CT molecular complexity index is 1260. The number of nitrogens with one attached hydrogen (secondary N) is 1. The summed E-state index contributed by atoms with van der Waals surface area (Å²) in [6, 6.07) is 13.7. The SMILES string of the molecule is O=C(Oc1nc2c(ccc3ccccc32)s1)c1cnc2[nH]ncc2c1. The lowest BCUT2D eigenvalue weighted by atomic mass is 10.1. The minimum Gasteiger partial charge on any atom is -0.394 e. The summed E-state index contributed by atoms with van der Waals surface area (Å²) in [7, 11) is 0. The van der Waals surface area contributed by atoms with Crippen LogP contribution < -0.4 is 4.74 Å². The molecule has 0 fully saturated rings. The summed E-state index contributed by atoms with van der Waals surface area (Å²) < 4.78 is 6.43. The number of aromatic nitrogens is 4. The van der Waals surface area contributed by atoms with Crippen molar-refractivity contribution in [2.24, 2.45) is 0 Å². The van der Waals surface area contributed by atoms with Gasteiger partial charge in [-0.15, -0.1) is 0 Å². The highest BCUT2D eigenvalue weighted by Crippen LogP contribution is 2.33. The second-order valence-electron chi connectivity index (χ2n) is 5.53. The van der Waals surface area contributed by atoms with E-state index in [1.807, 2.05) is 36.4 Å². The van der Waals surface area contributed by atoms with E-state index in [1.54, 1.807) is 12.3 Å². The molecular formula is C18H10N4O2S. The monoisotopic (exact) mass is 346 g/mol. The van der Waals surface area contributed by atoms with Crippen molar-refractivity contribution in [1.29, 1.82) is 0 Å². The molecule has 7 heteroatoms. The third-order valence-corrected chi connectivity index (χ3v) is 4.87. The van der Waals surface area contributed by atoms with Crippen LogP contribution in [0.4, 0.5) is 0 Å². The van der Waals surface area contributed by atoms with Crippen molar-refractivity contribution in [1.82, 2.24) is 20.2 Å². The number of benzene rings is 2. The predicted molar refractivity (Wildman–Crippen MR) is 96.0 cm³/mol. The van der Waals surface area contributed by atoms with Crippen molar-refractivity contribution in [2.75, 3.05) is 0 Å². The summed E-state index contributed by atoms with van der Waals surface area (Å²) in [4.78, 5) is 21.0. The van der Waals surface area contributed by atoms with Gasteiger partial charge in [-0.3, -0.25) is 5.10 Å². The highest BCUT2D eigenvalue weighted by atomic mass is 32.1. The van der Waals surface area contributed by atoms with E-state index in [4.69, 9.17) is 4.74 Å². The van der Waals surface area contributed by atoms with Gasteiger partial charge in [0, 0.05) is 17.0 Å². The zero-order valence-electron chi connectivity index (χ0n) is 12.8. The fourth-order valence-electron chi connectivity index (χ4n) is 2.77. The number of carbonyl (C=O) groups is 1. The van der Waals surface area contributed by atoms with Crippen LogP contribution in [0.15, 0.2) is 54.9 Å². The molecule has 5 rings (SSSR count). The lowest BCUT2D eigenvalue weighted by molar-refractivity contribution is 0.0734. The minimum absolute atomic E-state index is 0.323. The highest BCUT2D eigenvalue weighted by molar-refractivity contribution is 7.20. The normalized spacial score (nSPS) is 11.4. The van der Waals surface area contributed by atoms with Crippen LogP contribution in [0.2, 0.25) is 0 Å². The molecule has 120 valence electrons. The summed E-state index contributed by atoms with van der Waals surface area (Å²) >= 11 is 1.35. The Kier molecular flexibility index (Phi) is 3.01. The van der Waals surface area contributed by atoms with Crippen LogP contribution in [0, 0.1) is 0 Å². The van der Waals surface area contributed by atoms with Gasteiger partial charge in [-0.2, -0.15) is 5.10 Å². The van der Waals surface area contributed by atoms with E-state index in [-0.39, 0.29) is 0 Å². The maximum Gasteiger partial charge on any atom is 0.347 e. The molecule has 3 heterocycles. The molecule has 0 aliphatic rings. The van der Waals surface area contributed by atoms with Gasteiger partial charge in [-0.25, -0.2) is 14.8 Å². The standard InChI is InChI=1S/C18H10N4O2S/c23-17(12-7-11-9-20-22-16(11)19-8-12)24-18-21-15-13-4-2-1-3-10(13)5-6-14(15)25-18/h1-9H,(H,19,20,22). The van der Waals surface area contributed by atoms with Crippen molar-refractivity contribution in [2.45, 2.75) is 0 Å². The number of carbonyl (C=O) groups excluding carboxylic acids is 1. The molecule has 0 radical (unpaired) electrons. The number of rotatable bonds is 2. The molecule has 0 atom stereocenters. The quantitative estimate of drug-likeness (QED) is 0.490. The fourth-order valence-corrected chi connectivity index (χ4v) is 3.60. The topological polar surface area (TPSA) is 80.8 Å². The van der Waals surface area contributed by atoms with Crippen LogP contribution in [0.5, 0.6) is 5.19 Å². The molecule has 0 aliphatic carbocycles. The predicted octanol–water partition coefficient (Wildman–Crippen LogP) is 3.94. The molecule has 2 aromatic carbocycles. The molecule has 5 aromatic rings. The number of thiazole rings is 1. The van der Waals surface area contributed by atoms with Gasteiger partial charge in [0.2, 0.25) is 0 Å². The van der Waals surface area contributed by atoms with Crippen LogP contribution >= 0.6 is 11.3 Å². The van der Waals surface area contributed by atoms with Crippen LogP contribution in [0.25, 0.3) is 32.0 Å². The van der Waals surface area contributed by atoms with Gasteiger partial charge in [0.05, 0.1) is 22.0 Å². The summed E-state index contributed by atoms with van der Waals surface area (Å²) in [6.07, 6.45) is 3.08. The number of ether oxygens (including phenoxy) is 1. The van der Waals surface area contributed by atoms with Gasteiger partial charge < -0.3 is 4.74 Å². The second-order valence-corrected chi connectivity index (χ2v) is 6.53. The third kappa shape index (κ3) is 2.33. The molecule has 0 saturated heterocycles. The van der Waals surface area contributed by atoms with E-state index in [0.717, 1.165) is 26.4 Å². The number of pyridine rings is 1. The number of esters is 1. The fraction of sp³-hybridized carbons (Fsp3) is 0. The molecule has 0 spiro atoms. The first-order chi connectivity index (χ1) is 12.3. The Morgan fingerprint density at radius 3 is 2.96 bits per heavy atom. The molecule has 6 nitrogen and oxygen atoms in total. The molecule has 0 amide bonds. The van der Waals surface area contributed by atoms with Crippen molar-refractivity contribution in [3.8, 4) is 5.19 Å². The van der Waals surface area contributed by atoms with Crippen molar-refractivity contribution >= 4 is 49.3 Å². The third-order valence-electron chi connectivity index (χ3n) is 3.97. The molecule has 0 aliphatic heterocycles. The number of hydrogen-bond acceptors (Lipinski definition) is 6. The summed E-state index contributed by atoms with van der Waals surface area (Å²) in [5.74, 6) is -0.487. The van der Waals surface area contributed by atoms with Crippen LogP contribution in [-0.4, -0.2) is 26.1 Å². The van der Waals surface area contributed by atoms with Crippen LogP contribution in [0.3, 0.4) is 0 Å². The molecule has 1 N–H and O–H groups in total. The van der Waals surface area contributed by atoms with Crippen molar-refractivity contribution < 1.29 is 9.53 Å². The summed E-state index contributed by atoms with van der Waals surface area (Å²) in [5, 5.41) is 9.86. The highest BCUT2D eigenvalue weighted by Gasteiger charge is 2.15. The van der Waals surface area contributed by atoms with E-state index in [1.165, 1.54) is 17.5 Å². The molecule has 0 saturated carbocycles. The number of nitrogens with zero attached hydrogens (tertiary/aromatic N) is 3. The first-order valence-electron chi connectivity index (χ1n) is 7.57. The van der Waals surface area contributed by atoms with E-state index < -0.39 is 5.97 Å². The van der Waals surface area contributed by atoms with Gasteiger partial charge >= 0.3 is 5.97 Å². The van der Waals surface area contributed by atoms with Gasteiger partial charge in [-0.05, 0) is 17.5 Å². The zero-order valence-corrected chi connectivity index (χ0v) is 13.6. The first-order valence-corrected chi connectivity index (χ1v) is 8.39. The number of H-pyrrole nitrogens is 1. The average molecular weight is 346 g/mol. The maximum absolute atomic E-state index is 12.4. The molecular weight excluding hydrogens is 336 g/mol. The number of aromatic amines is 1. The summed E-state index contributed by atoms with van der Waals surface area (Å²) in [5.41, 5.74) is 1.83. The maximum atomic E-state index is 12.4. The molecule has 25 heavy (non-hydrogen) atoms. The second kappa shape index (κ2) is 5.35. The van der Waals surface area contributed by atoms with Crippen molar-refractivity contribution in [3.63, 3.8) is 0 Å². The Morgan fingerprint density at radius 1 is 1.08 bits per heavy atom. The number of hydrogen-bond donors (Lipinski definition) is 1.